The van der Waals surface area contributed by atoms with Crippen LogP contribution in [-0.4, -0.2) is 34.1 Å². The van der Waals surface area contributed by atoms with Gasteiger partial charge in [-0.2, -0.15) is 0 Å². The van der Waals surface area contributed by atoms with Crippen LogP contribution in [0.25, 0.3) is 0 Å². The molecule has 1 atom stereocenters. The van der Waals surface area contributed by atoms with Crippen molar-refractivity contribution in [2.75, 3.05) is 0 Å². The average Bonchev–Trinajstić information content (AvgIpc) is 2.28. The second-order valence-corrected chi connectivity index (χ2v) is 4.06. The van der Waals surface area contributed by atoms with E-state index in [9.17, 15) is 9.59 Å². The number of hydrogen-bond donors (Lipinski definition) is 2. The van der Waals surface area contributed by atoms with Crippen LogP contribution in [0, 0.1) is 0 Å². The number of carboxylic acids is 1. The largest absolute Gasteiger partial charge is 0.480 e. The smallest absolute Gasteiger partial charge is 0.325 e. The maximum atomic E-state index is 11.7. The van der Waals surface area contributed by atoms with Crippen LogP contribution in [0.15, 0.2) is 18.2 Å². The monoisotopic (exact) mass is 252 g/mol. The minimum absolute atomic E-state index is 0.0474. The Hall–Kier alpha value is -2.11. The zero-order valence-electron chi connectivity index (χ0n) is 10.5. The minimum atomic E-state index is -1.10. The van der Waals surface area contributed by atoms with Gasteiger partial charge in [0.25, 0.3) is 5.91 Å². The highest BCUT2D eigenvalue weighted by Crippen LogP contribution is 2.09. The first-order valence-electron chi connectivity index (χ1n) is 5.57. The predicted octanol–water partition coefficient (Wildman–Crippen LogP) is 1.07. The third-order valence-corrected chi connectivity index (χ3v) is 2.03. The zero-order chi connectivity index (χ0) is 13.7. The van der Waals surface area contributed by atoms with E-state index < -0.39 is 17.9 Å². The summed E-state index contributed by atoms with van der Waals surface area (Å²) in [5.41, 5.74) is 0.126. The van der Waals surface area contributed by atoms with E-state index in [2.05, 4.69) is 10.3 Å². The van der Waals surface area contributed by atoms with E-state index in [0.29, 0.717) is 5.88 Å². The summed E-state index contributed by atoms with van der Waals surface area (Å²) in [7, 11) is 0. The van der Waals surface area contributed by atoms with Gasteiger partial charge < -0.3 is 15.2 Å². The standard InChI is InChI=1S/C12H16N2O4/c1-7(2)18-10-6-4-5-9(14-10)11(15)13-8(3)12(16)17/h4-8H,1-3H3,(H,13,15)(H,16,17)/t8-/m0/s1. The van der Waals surface area contributed by atoms with Crippen LogP contribution in [-0.2, 0) is 4.79 Å². The lowest BCUT2D eigenvalue weighted by Gasteiger charge is -2.11. The number of nitrogens with one attached hydrogen (secondary N) is 1. The number of ether oxygens (including phenoxy) is 1. The van der Waals surface area contributed by atoms with Gasteiger partial charge >= 0.3 is 5.97 Å². The number of amides is 1. The van der Waals surface area contributed by atoms with E-state index in [1.165, 1.54) is 13.0 Å². The highest BCUT2D eigenvalue weighted by molar-refractivity contribution is 5.94. The second-order valence-electron chi connectivity index (χ2n) is 4.06. The lowest BCUT2D eigenvalue weighted by molar-refractivity contribution is -0.138. The van der Waals surface area contributed by atoms with Gasteiger partial charge in [-0.15, -0.1) is 0 Å². The molecule has 0 fully saturated rings. The summed E-state index contributed by atoms with van der Waals surface area (Å²) < 4.78 is 5.35. The second kappa shape index (κ2) is 6.00. The molecule has 0 aromatic carbocycles. The Balaban J connectivity index is 2.77. The number of hydrogen-bond acceptors (Lipinski definition) is 4. The SMILES string of the molecule is CC(C)Oc1cccc(C(=O)N[C@@H](C)C(=O)O)n1. The number of pyridine rings is 1. The maximum absolute atomic E-state index is 11.7. The Morgan fingerprint density at radius 1 is 1.33 bits per heavy atom. The first-order valence-corrected chi connectivity index (χ1v) is 5.57. The van der Waals surface area contributed by atoms with Crippen molar-refractivity contribution >= 4 is 11.9 Å². The van der Waals surface area contributed by atoms with Gasteiger partial charge in [-0.3, -0.25) is 9.59 Å². The molecule has 0 aliphatic rings. The molecule has 6 heteroatoms. The van der Waals surface area contributed by atoms with Crippen LogP contribution in [0.4, 0.5) is 0 Å². The number of carbonyl (C=O) groups excluding carboxylic acids is 1. The van der Waals surface area contributed by atoms with Crippen LogP contribution in [0.1, 0.15) is 31.3 Å². The molecule has 1 aromatic rings. The van der Waals surface area contributed by atoms with Crippen LogP contribution in [0.5, 0.6) is 5.88 Å². The number of nitrogens with zero attached hydrogens (tertiary/aromatic N) is 1. The van der Waals surface area contributed by atoms with E-state index in [0.717, 1.165) is 0 Å². The van der Waals surface area contributed by atoms with Gasteiger partial charge in [0.2, 0.25) is 5.88 Å². The molecule has 0 unspecified atom stereocenters. The lowest BCUT2D eigenvalue weighted by Crippen LogP contribution is -2.38. The van der Waals surface area contributed by atoms with Gasteiger partial charge in [0.1, 0.15) is 11.7 Å². The van der Waals surface area contributed by atoms with Crippen LogP contribution in [0.2, 0.25) is 0 Å². The number of carboxylic acid groups (broad SMARTS) is 1. The fourth-order valence-electron chi connectivity index (χ4n) is 1.18. The van der Waals surface area contributed by atoms with Gasteiger partial charge in [0.15, 0.2) is 0 Å². The van der Waals surface area contributed by atoms with Crippen molar-refractivity contribution in [3.8, 4) is 5.88 Å². The molecular weight excluding hydrogens is 236 g/mol. The summed E-state index contributed by atoms with van der Waals surface area (Å²) in [6.45, 7) is 5.08. The Labute approximate surface area is 105 Å². The summed E-state index contributed by atoms with van der Waals surface area (Å²) in [5, 5.41) is 11.0. The molecule has 1 heterocycles. The van der Waals surface area contributed by atoms with Crippen molar-refractivity contribution in [3.05, 3.63) is 23.9 Å². The van der Waals surface area contributed by atoms with Gasteiger partial charge in [0.05, 0.1) is 6.10 Å². The molecule has 1 aromatic heterocycles. The Bertz CT molecular complexity index is 445. The van der Waals surface area contributed by atoms with Gasteiger partial charge in [-0.1, -0.05) is 6.07 Å². The molecular formula is C12H16N2O4. The Morgan fingerprint density at radius 3 is 2.56 bits per heavy atom. The van der Waals surface area contributed by atoms with Gasteiger partial charge in [0, 0.05) is 6.07 Å². The number of aliphatic carboxylic acids is 1. The molecule has 0 spiro atoms. The first kappa shape index (κ1) is 14.0. The van der Waals surface area contributed by atoms with E-state index in [1.54, 1.807) is 12.1 Å². The molecule has 18 heavy (non-hydrogen) atoms. The van der Waals surface area contributed by atoms with Crippen molar-refractivity contribution in [1.82, 2.24) is 10.3 Å². The molecule has 0 bridgehead atoms. The topological polar surface area (TPSA) is 88.5 Å². The fourth-order valence-corrected chi connectivity index (χ4v) is 1.18. The first-order chi connectivity index (χ1) is 8.40. The third kappa shape index (κ3) is 4.04. The fraction of sp³-hybridized carbons (Fsp3) is 0.417. The van der Waals surface area contributed by atoms with E-state index in [4.69, 9.17) is 9.84 Å². The summed E-state index contributed by atoms with van der Waals surface area (Å²) in [6, 6.07) is 3.80. The van der Waals surface area contributed by atoms with E-state index in [1.807, 2.05) is 13.8 Å². The molecule has 0 aliphatic heterocycles. The zero-order valence-corrected chi connectivity index (χ0v) is 10.5. The predicted molar refractivity (Wildman–Crippen MR) is 64.6 cm³/mol. The lowest BCUT2D eigenvalue weighted by atomic mass is 10.3. The van der Waals surface area contributed by atoms with Crippen LogP contribution in [0.3, 0.4) is 0 Å². The van der Waals surface area contributed by atoms with E-state index in [-0.39, 0.29) is 11.8 Å². The third-order valence-electron chi connectivity index (χ3n) is 2.03. The van der Waals surface area contributed by atoms with E-state index >= 15 is 0 Å². The molecule has 1 rings (SSSR count). The highest BCUT2D eigenvalue weighted by atomic mass is 16.5. The highest BCUT2D eigenvalue weighted by Gasteiger charge is 2.16. The molecule has 1 amide bonds. The summed E-state index contributed by atoms with van der Waals surface area (Å²) in [4.78, 5) is 26.3. The normalized spacial score (nSPS) is 12.0. The number of rotatable bonds is 5. The molecule has 0 aliphatic carbocycles. The Morgan fingerprint density at radius 2 is 2.00 bits per heavy atom. The minimum Gasteiger partial charge on any atom is -0.480 e. The van der Waals surface area contributed by atoms with Crippen molar-refractivity contribution < 1.29 is 19.4 Å². The van der Waals surface area contributed by atoms with Crippen molar-refractivity contribution in [1.29, 1.82) is 0 Å². The summed E-state index contributed by atoms with van der Waals surface area (Å²) in [6.07, 6.45) is -0.0474. The molecule has 6 nitrogen and oxygen atoms in total. The average molecular weight is 252 g/mol. The summed E-state index contributed by atoms with van der Waals surface area (Å²) >= 11 is 0. The van der Waals surface area contributed by atoms with Crippen LogP contribution < -0.4 is 10.1 Å². The molecule has 0 radical (unpaired) electrons. The van der Waals surface area contributed by atoms with Gasteiger partial charge in [-0.25, -0.2) is 4.98 Å². The molecule has 98 valence electrons. The summed E-state index contributed by atoms with van der Waals surface area (Å²) in [5.74, 6) is -1.31. The van der Waals surface area contributed by atoms with Crippen molar-refractivity contribution in [2.24, 2.45) is 0 Å². The molecule has 2 N–H and O–H groups in total. The maximum Gasteiger partial charge on any atom is 0.325 e. The van der Waals surface area contributed by atoms with Crippen LogP contribution >= 0.6 is 0 Å². The van der Waals surface area contributed by atoms with Crippen molar-refractivity contribution in [2.45, 2.75) is 32.9 Å². The molecule has 0 saturated carbocycles. The Kier molecular flexibility index (Phi) is 4.65. The van der Waals surface area contributed by atoms with Gasteiger partial charge in [-0.05, 0) is 26.8 Å². The molecule has 0 saturated heterocycles. The number of carbonyl (C=O) groups is 2. The quantitative estimate of drug-likeness (QED) is 0.818. The number of aromatic nitrogens is 1. The van der Waals surface area contributed by atoms with Crippen molar-refractivity contribution in [3.63, 3.8) is 0 Å².